The number of carbonyl (C=O) groups is 1. The number of hydrogen-bond donors (Lipinski definition) is 1. The second-order valence-corrected chi connectivity index (χ2v) is 7.54. The summed E-state index contributed by atoms with van der Waals surface area (Å²) in [6.45, 7) is 4.43. The predicted octanol–water partition coefficient (Wildman–Crippen LogP) is 3.40. The largest absolute Gasteiger partial charge is 0.341 e. The van der Waals surface area contributed by atoms with E-state index in [2.05, 4.69) is 36.1 Å². The summed E-state index contributed by atoms with van der Waals surface area (Å²) in [6.07, 6.45) is 6.39. The molecule has 0 radical (unpaired) electrons. The minimum absolute atomic E-state index is 0.158. The maximum atomic E-state index is 12.9. The summed E-state index contributed by atoms with van der Waals surface area (Å²) >= 11 is 0. The van der Waals surface area contributed by atoms with Crippen molar-refractivity contribution in [3.63, 3.8) is 0 Å². The molecule has 1 aromatic rings. The van der Waals surface area contributed by atoms with Crippen molar-refractivity contribution in [2.24, 2.45) is 23.5 Å². The van der Waals surface area contributed by atoms with Crippen LogP contribution < -0.4 is 5.73 Å². The molecule has 2 N–H and O–H groups in total. The number of carbonyl (C=O) groups excluding carboxylic acids is 1. The van der Waals surface area contributed by atoms with E-state index in [4.69, 9.17) is 5.73 Å². The lowest BCUT2D eigenvalue weighted by Gasteiger charge is -2.23. The molecule has 3 heteroatoms. The number of benzene rings is 1. The zero-order valence-electron chi connectivity index (χ0n) is 14.3. The van der Waals surface area contributed by atoms with E-state index >= 15 is 0 Å². The Morgan fingerprint density at radius 3 is 2.57 bits per heavy atom. The fourth-order valence-electron chi connectivity index (χ4n) is 4.53. The molecular weight excluding hydrogens is 284 g/mol. The molecule has 1 unspecified atom stereocenters. The summed E-state index contributed by atoms with van der Waals surface area (Å²) < 4.78 is 0. The molecule has 0 aromatic heterocycles. The summed E-state index contributed by atoms with van der Waals surface area (Å²) in [4.78, 5) is 14.9. The highest BCUT2D eigenvalue weighted by Gasteiger charge is 2.37. The van der Waals surface area contributed by atoms with Crippen LogP contribution in [-0.2, 0) is 4.79 Å². The maximum absolute atomic E-state index is 12.9. The van der Waals surface area contributed by atoms with Crippen LogP contribution in [0.5, 0.6) is 0 Å². The van der Waals surface area contributed by atoms with E-state index in [0.717, 1.165) is 25.4 Å². The van der Waals surface area contributed by atoms with Gasteiger partial charge >= 0.3 is 0 Å². The number of amides is 1. The standard InChI is InChI=1S/C20H30N2O/c1-15(11-16-7-5-6-8-16)20(23)22-13-18(12-21)19(14-22)17-9-3-2-4-10-17/h2-4,9-10,15-16,18-19H,5-8,11-14,21H2,1H3/t15?,18-,19+/m1/s1. The highest BCUT2D eigenvalue weighted by Crippen LogP contribution is 2.35. The maximum Gasteiger partial charge on any atom is 0.225 e. The first kappa shape index (κ1) is 16.5. The summed E-state index contributed by atoms with van der Waals surface area (Å²) in [6, 6.07) is 10.5. The van der Waals surface area contributed by atoms with E-state index in [1.807, 2.05) is 6.07 Å². The van der Waals surface area contributed by atoms with Gasteiger partial charge in [0, 0.05) is 24.9 Å². The predicted molar refractivity (Wildman–Crippen MR) is 94.0 cm³/mol. The fourth-order valence-corrected chi connectivity index (χ4v) is 4.53. The Bertz CT molecular complexity index is 510. The molecular formula is C20H30N2O. The van der Waals surface area contributed by atoms with Crippen molar-refractivity contribution in [2.45, 2.75) is 44.9 Å². The van der Waals surface area contributed by atoms with Crippen LogP contribution in [0, 0.1) is 17.8 Å². The van der Waals surface area contributed by atoms with Gasteiger partial charge in [-0.3, -0.25) is 4.79 Å². The van der Waals surface area contributed by atoms with Gasteiger partial charge in [-0.15, -0.1) is 0 Å². The van der Waals surface area contributed by atoms with Crippen molar-refractivity contribution in [1.82, 2.24) is 4.90 Å². The van der Waals surface area contributed by atoms with Gasteiger partial charge < -0.3 is 10.6 Å². The number of nitrogens with zero attached hydrogens (tertiary/aromatic N) is 1. The van der Waals surface area contributed by atoms with Gasteiger partial charge in [-0.2, -0.15) is 0 Å². The summed E-state index contributed by atoms with van der Waals surface area (Å²) in [5, 5.41) is 0. The first-order valence-electron chi connectivity index (χ1n) is 9.22. The average Bonchev–Trinajstić information content (AvgIpc) is 3.24. The SMILES string of the molecule is CC(CC1CCCC1)C(=O)N1C[C@@H](CN)[C@H](c2ccccc2)C1. The molecule has 1 aliphatic carbocycles. The Labute approximate surface area is 140 Å². The van der Waals surface area contributed by atoms with Gasteiger partial charge in [0.2, 0.25) is 5.91 Å². The van der Waals surface area contributed by atoms with Crippen molar-refractivity contribution >= 4 is 5.91 Å². The van der Waals surface area contributed by atoms with Crippen molar-refractivity contribution in [1.29, 1.82) is 0 Å². The van der Waals surface area contributed by atoms with Gasteiger partial charge in [-0.25, -0.2) is 0 Å². The van der Waals surface area contributed by atoms with Crippen molar-refractivity contribution in [3.8, 4) is 0 Å². The number of nitrogens with two attached hydrogens (primary N) is 1. The normalized spacial score (nSPS) is 26.6. The molecule has 3 nitrogen and oxygen atoms in total. The van der Waals surface area contributed by atoms with Crippen LogP contribution in [0.15, 0.2) is 30.3 Å². The fraction of sp³-hybridized carbons (Fsp3) is 0.650. The minimum Gasteiger partial charge on any atom is -0.341 e. The smallest absolute Gasteiger partial charge is 0.225 e. The highest BCUT2D eigenvalue weighted by molar-refractivity contribution is 5.79. The molecule has 3 atom stereocenters. The van der Waals surface area contributed by atoms with Crippen LogP contribution >= 0.6 is 0 Å². The quantitative estimate of drug-likeness (QED) is 0.905. The van der Waals surface area contributed by atoms with Gasteiger partial charge in [0.15, 0.2) is 0 Å². The molecule has 1 aromatic carbocycles. The molecule has 1 heterocycles. The first-order valence-corrected chi connectivity index (χ1v) is 9.22. The molecule has 1 aliphatic heterocycles. The molecule has 0 bridgehead atoms. The monoisotopic (exact) mass is 314 g/mol. The van der Waals surface area contributed by atoms with Crippen LogP contribution in [-0.4, -0.2) is 30.4 Å². The van der Waals surface area contributed by atoms with Gasteiger partial charge in [-0.05, 0) is 30.4 Å². The lowest BCUT2D eigenvalue weighted by atomic mass is 9.89. The second-order valence-electron chi connectivity index (χ2n) is 7.54. The number of likely N-dealkylation sites (tertiary alicyclic amines) is 1. The highest BCUT2D eigenvalue weighted by atomic mass is 16.2. The molecule has 126 valence electrons. The third-order valence-electron chi connectivity index (χ3n) is 5.87. The van der Waals surface area contributed by atoms with E-state index in [9.17, 15) is 4.79 Å². The second kappa shape index (κ2) is 7.48. The molecule has 3 rings (SSSR count). The lowest BCUT2D eigenvalue weighted by Crippen LogP contribution is -2.34. The van der Waals surface area contributed by atoms with Crippen LogP contribution in [0.25, 0.3) is 0 Å². The summed E-state index contributed by atoms with van der Waals surface area (Å²) in [5.74, 6) is 2.05. The molecule has 2 aliphatic rings. The van der Waals surface area contributed by atoms with Crippen molar-refractivity contribution < 1.29 is 4.79 Å². The van der Waals surface area contributed by atoms with Crippen LogP contribution in [0.1, 0.15) is 50.5 Å². The Morgan fingerprint density at radius 1 is 1.22 bits per heavy atom. The van der Waals surface area contributed by atoms with Gasteiger partial charge in [0.05, 0.1) is 0 Å². The minimum atomic E-state index is 0.158. The Balaban J connectivity index is 1.63. The Morgan fingerprint density at radius 2 is 1.91 bits per heavy atom. The van der Waals surface area contributed by atoms with Crippen LogP contribution in [0.4, 0.5) is 0 Å². The van der Waals surface area contributed by atoms with E-state index in [-0.39, 0.29) is 5.92 Å². The van der Waals surface area contributed by atoms with E-state index in [1.54, 1.807) is 0 Å². The zero-order valence-corrected chi connectivity index (χ0v) is 14.3. The van der Waals surface area contributed by atoms with E-state index in [1.165, 1.54) is 31.2 Å². The Hall–Kier alpha value is -1.35. The summed E-state index contributed by atoms with van der Waals surface area (Å²) in [7, 11) is 0. The van der Waals surface area contributed by atoms with Gasteiger partial charge in [-0.1, -0.05) is 62.9 Å². The first-order chi connectivity index (χ1) is 11.2. The third kappa shape index (κ3) is 3.77. The van der Waals surface area contributed by atoms with Crippen molar-refractivity contribution in [3.05, 3.63) is 35.9 Å². The van der Waals surface area contributed by atoms with E-state index < -0.39 is 0 Å². The Kier molecular flexibility index (Phi) is 5.37. The summed E-state index contributed by atoms with van der Waals surface area (Å²) in [5.41, 5.74) is 7.32. The number of hydrogen-bond acceptors (Lipinski definition) is 2. The van der Waals surface area contributed by atoms with Crippen LogP contribution in [0.2, 0.25) is 0 Å². The average molecular weight is 314 g/mol. The third-order valence-corrected chi connectivity index (χ3v) is 5.87. The number of rotatable bonds is 5. The van der Waals surface area contributed by atoms with Gasteiger partial charge in [0.25, 0.3) is 0 Å². The molecule has 1 saturated heterocycles. The van der Waals surface area contributed by atoms with Crippen LogP contribution in [0.3, 0.4) is 0 Å². The topological polar surface area (TPSA) is 46.3 Å². The lowest BCUT2D eigenvalue weighted by molar-refractivity contribution is -0.134. The molecule has 0 spiro atoms. The molecule has 23 heavy (non-hydrogen) atoms. The van der Waals surface area contributed by atoms with E-state index in [0.29, 0.717) is 24.3 Å². The van der Waals surface area contributed by atoms with Gasteiger partial charge in [0.1, 0.15) is 0 Å². The molecule has 2 fully saturated rings. The molecule has 1 amide bonds. The zero-order chi connectivity index (χ0) is 16.2. The van der Waals surface area contributed by atoms with Crippen molar-refractivity contribution in [2.75, 3.05) is 19.6 Å². The molecule has 1 saturated carbocycles.